The van der Waals surface area contributed by atoms with Crippen LogP contribution in [0.3, 0.4) is 0 Å². The SMILES string of the molecule is CC/C=C\C/C=C\C/C=C\C/C=C\C/C=C\CCCCCCCCCCCCCCCC(=O)OCC(COC(=O)CCCCCCCCCCCCCC)OC(=O)CCCCCCCCC/C=C\C/C=C\CCCCC. The van der Waals surface area contributed by atoms with Gasteiger partial charge in [-0.05, 0) is 96.3 Å². The highest BCUT2D eigenvalue weighted by Crippen LogP contribution is 2.17. The molecule has 76 heavy (non-hydrogen) atoms. The van der Waals surface area contributed by atoms with Gasteiger partial charge in [0.05, 0.1) is 0 Å². The Balaban J connectivity index is 4.23. The maximum Gasteiger partial charge on any atom is 0.306 e. The number of allylic oxidation sites excluding steroid dienone is 14. The molecule has 0 N–H and O–H groups in total. The Hall–Kier alpha value is -3.41. The Kier molecular flexibility index (Phi) is 61.2. The lowest BCUT2D eigenvalue weighted by atomic mass is 10.0. The third-order valence-electron chi connectivity index (χ3n) is 14.1. The molecule has 0 radical (unpaired) electrons. The van der Waals surface area contributed by atoms with Crippen LogP contribution < -0.4 is 0 Å². The largest absolute Gasteiger partial charge is 0.462 e. The summed E-state index contributed by atoms with van der Waals surface area (Å²) in [6.07, 6.45) is 84.5. The van der Waals surface area contributed by atoms with E-state index >= 15 is 0 Å². The molecule has 438 valence electrons. The maximum absolute atomic E-state index is 12.9. The first kappa shape index (κ1) is 72.6. The molecule has 6 heteroatoms. The lowest BCUT2D eigenvalue weighted by molar-refractivity contribution is -0.167. The quantitative estimate of drug-likeness (QED) is 0.0261. The van der Waals surface area contributed by atoms with E-state index < -0.39 is 6.10 Å². The number of hydrogen-bond acceptors (Lipinski definition) is 6. The number of ether oxygens (including phenoxy) is 3. The molecule has 0 aliphatic rings. The highest BCUT2D eigenvalue weighted by atomic mass is 16.6. The van der Waals surface area contributed by atoms with Crippen LogP contribution in [0.1, 0.15) is 323 Å². The Labute approximate surface area is 471 Å². The van der Waals surface area contributed by atoms with Crippen LogP contribution in [-0.4, -0.2) is 37.2 Å². The lowest BCUT2D eigenvalue weighted by Crippen LogP contribution is -2.30. The van der Waals surface area contributed by atoms with E-state index in [2.05, 4.69) is 106 Å². The Bertz CT molecular complexity index is 1450. The summed E-state index contributed by atoms with van der Waals surface area (Å²) >= 11 is 0. The minimum atomic E-state index is -0.779. The topological polar surface area (TPSA) is 78.9 Å². The summed E-state index contributed by atoms with van der Waals surface area (Å²) in [4.78, 5) is 38.3. The predicted octanol–water partition coefficient (Wildman–Crippen LogP) is 22.3. The zero-order valence-corrected chi connectivity index (χ0v) is 50.3. The molecule has 0 saturated heterocycles. The molecule has 0 aliphatic heterocycles. The van der Waals surface area contributed by atoms with Crippen LogP contribution in [0.2, 0.25) is 0 Å². The van der Waals surface area contributed by atoms with Gasteiger partial charge in [0.25, 0.3) is 0 Å². The van der Waals surface area contributed by atoms with Gasteiger partial charge in [-0.25, -0.2) is 0 Å². The van der Waals surface area contributed by atoms with E-state index in [4.69, 9.17) is 14.2 Å². The van der Waals surface area contributed by atoms with Gasteiger partial charge in [-0.1, -0.05) is 292 Å². The summed E-state index contributed by atoms with van der Waals surface area (Å²) < 4.78 is 16.9. The number of esters is 3. The summed E-state index contributed by atoms with van der Waals surface area (Å²) in [7, 11) is 0. The zero-order chi connectivity index (χ0) is 55.0. The second kappa shape index (κ2) is 64.1. The Morgan fingerprint density at radius 2 is 0.513 bits per heavy atom. The van der Waals surface area contributed by atoms with Gasteiger partial charge in [0.2, 0.25) is 0 Å². The van der Waals surface area contributed by atoms with Gasteiger partial charge in [0.1, 0.15) is 13.2 Å². The third kappa shape index (κ3) is 61.4. The molecule has 1 unspecified atom stereocenters. The molecule has 6 nitrogen and oxygen atoms in total. The summed E-state index contributed by atoms with van der Waals surface area (Å²) in [5, 5.41) is 0. The molecule has 0 heterocycles. The fraction of sp³-hybridized carbons (Fsp3) is 0.757. The monoisotopic (exact) mass is 1060 g/mol. The molecule has 0 aromatic carbocycles. The van der Waals surface area contributed by atoms with Gasteiger partial charge < -0.3 is 14.2 Å². The first-order valence-corrected chi connectivity index (χ1v) is 32.6. The van der Waals surface area contributed by atoms with Gasteiger partial charge in [-0.15, -0.1) is 0 Å². The van der Waals surface area contributed by atoms with E-state index in [0.29, 0.717) is 19.3 Å². The number of carbonyl (C=O) groups is 3. The Morgan fingerprint density at radius 1 is 0.276 bits per heavy atom. The number of carbonyl (C=O) groups excluding carboxylic acids is 3. The van der Waals surface area contributed by atoms with Crippen LogP contribution in [0, 0.1) is 0 Å². The van der Waals surface area contributed by atoms with Crippen LogP contribution in [-0.2, 0) is 28.6 Å². The smallest absolute Gasteiger partial charge is 0.306 e. The van der Waals surface area contributed by atoms with E-state index in [1.54, 1.807) is 0 Å². The van der Waals surface area contributed by atoms with Gasteiger partial charge in [-0.3, -0.25) is 14.4 Å². The number of hydrogen-bond donors (Lipinski definition) is 0. The molecule has 0 rings (SSSR count). The molecule has 0 fully saturated rings. The van der Waals surface area contributed by atoms with Crippen molar-refractivity contribution in [2.75, 3.05) is 13.2 Å². The fourth-order valence-electron chi connectivity index (χ4n) is 9.27. The normalized spacial score (nSPS) is 12.6. The Morgan fingerprint density at radius 3 is 0.829 bits per heavy atom. The second-order valence-corrected chi connectivity index (χ2v) is 21.6. The fourth-order valence-corrected chi connectivity index (χ4v) is 9.27. The zero-order valence-electron chi connectivity index (χ0n) is 50.3. The molecule has 0 bridgehead atoms. The third-order valence-corrected chi connectivity index (χ3v) is 14.1. The summed E-state index contributed by atoms with van der Waals surface area (Å²) in [5.74, 6) is -0.871. The second-order valence-electron chi connectivity index (χ2n) is 21.6. The van der Waals surface area contributed by atoms with E-state index in [1.165, 1.54) is 180 Å². The standard InChI is InChI=1S/C70H122O6/c1-4-7-10-13-16-19-22-25-27-29-30-31-32-33-34-35-36-37-38-39-40-42-43-45-48-51-54-57-60-63-69(72)75-66-67(65-74-68(71)62-59-56-53-50-47-24-21-18-15-12-9-6-3)76-70(73)64-61-58-55-52-49-46-44-41-28-26-23-20-17-14-11-8-5-2/h7,10,16-17,19-20,25-28,30-31,33-34,67H,4-6,8-9,11-15,18,21-24,29,32,35-66H2,1-3H3/b10-7-,19-16-,20-17-,27-25-,28-26-,31-30-,34-33-. The van der Waals surface area contributed by atoms with Crippen molar-refractivity contribution in [3.63, 3.8) is 0 Å². The van der Waals surface area contributed by atoms with Crippen molar-refractivity contribution in [3.8, 4) is 0 Å². The van der Waals surface area contributed by atoms with Crippen LogP contribution in [0.4, 0.5) is 0 Å². The number of rotatable bonds is 59. The van der Waals surface area contributed by atoms with Crippen LogP contribution in [0.25, 0.3) is 0 Å². The summed E-state index contributed by atoms with van der Waals surface area (Å²) in [6.45, 7) is 6.52. The highest BCUT2D eigenvalue weighted by molar-refractivity contribution is 5.71. The summed E-state index contributed by atoms with van der Waals surface area (Å²) in [6, 6.07) is 0. The van der Waals surface area contributed by atoms with Crippen LogP contribution in [0.5, 0.6) is 0 Å². The van der Waals surface area contributed by atoms with Gasteiger partial charge in [0, 0.05) is 19.3 Å². The summed E-state index contributed by atoms with van der Waals surface area (Å²) in [5.41, 5.74) is 0. The average molecular weight is 1060 g/mol. The number of unbranched alkanes of at least 4 members (excludes halogenated alkanes) is 34. The maximum atomic E-state index is 12.9. The minimum Gasteiger partial charge on any atom is -0.462 e. The molecule has 0 saturated carbocycles. The van der Waals surface area contributed by atoms with E-state index in [1.807, 2.05) is 0 Å². The predicted molar refractivity (Wildman–Crippen MR) is 330 cm³/mol. The first-order valence-electron chi connectivity index (χ1n) is 32.6. The molecule has 0 amide bonds. The van der Waals surface area contributed by atoms with E-state index in [0.717, 1.165) is 103 Å². The van der Waals surface area contributed by atoms with Gasteiger partial charge in [0.15, 0.2) is 6.10 Å². The van der Waals surface area contributed by atoms with Gasteiger partial charge in [-0.2, -0.15) is 0 Å². The van der Waals surface area contributed by atoms with E-state index in [9.17, 15) is 14.4 Å². The molecular formula is C70H122O6. The average Bonchev–Trinajstić information content (AvgIpc) is 3.42. The molecule has 0 aliphatic carbocycles. The van der Waals surface area contributed by atoms with Crippen molar-refractivity contribution in [3.05, 3.63) is 85.1 Å². The molecule has 0 aromatic heterocycles. The van der Waals surface area contributed by atoms with E-state index in [-0.39, 0.29) is 31.1 Å². The van der Waals surface area contributed by atoms with Crippen molar-refractivity contribution in [1.29, 1.82) is 0 Å². The molecular weight excluding hydrogens is 937 g/mol. The van der Waals surface area contributed by atoms with Crippen LogP contribution in [0.15, 0.2) is 85.1 Å². The van der Waals surface area contributed by atoms with Crippen molar-refractivity contribution < 1.29 is 28.6 Å². The van der Waals surface area contributed by atoms with Crippen molar-refractivity contribution in [2.24, 2.45) is 0 Å². The molecule has 1 atom stereocenters. The minimum absolute atomic E-state index is 0.0759. The van der Waals surface area contributed by atoms with Gasteiger partial charge >= 0.3 is 17.9 Å². The first-order chi connectivity index (χ1) is 37.5. The van der Waals surface area contributed by atoms with Crippen molar-refractivity contribution >= 4 is 17.9 Å². The lowest BCUT2D eigenvalue weighted by Gasteiger charge is -2.18. The molecule has 0 aromatic rings. The van der Waals surface area contributed by atoms with Crippen molar-refractivity contribution in [1.82, 2.24) is 0 Å². The van der Waals surface area contributed by atoms with Crippen LogP contribution >= 0.6 is 0 Å². The highest BCUT2D eigenvalue weighted by Gasteiger charge is 2.19. The van der Waals surface area contributed by atoms with Crippen molar-refractivity contribution in [2.45, 2.75) is 329 Å². The molecule has 0 spiro atoms.